The zero-order valence-electron chi connectivity index (χ0n) is 4.79. The van der Waals surface area contributed by atoms with E-state index in [2.05, 4.69) is 0 Å². The predicted octanol–water partition coefficient (Wildman–Crippen LogP) is 2.07. The maximum absolute atomic E-state index is 7.35. The van der Waals surface area contributed by atoms with Gasteiger partial charge in [0.25, 0.3) is 0 Å². The Morgan fingerprint density at radius 1 is 1.33 bits per heavy atom. The van der Waals surface area contributed by atoms with Crippen LogP contribution in [-0.4, -0.2) is 4.40 Å². The van der Waals surface area contributed by atoms with Crippen molar-refractivity contribution in [3.8, 4) is 0 Å². The minimum absolute atomic E-state index is 0.618. The van der Waals surface area contributed by atoms with E-state index in [1.165, 1.54) is 19.4 Å². The molecule has 1 aromatic carbocycles. The van der Waals surface area contributed by atoms with Gasteiger partial charge in [0, 0.05) is 0 Å². The van der Waals surface area contributed by atoms with Crippen LogP contribution in [0.2, 0.25) is 0 Å². The molecule has 0 fully saturated rings. The van der Waals surface area contributed by atoms with Crippen molar-refractivity contribution in [3.63, 3.8) is 0 Å². The third kappa shape index (κ3) is 1.49. The topological polar surface area (TPSA) is 23.8 Å². The van der Waals surface area contributed by atoms with Crippen molar-refractivity contribution in [2.45, 2.75) is 0 Å². The van der Waals surface area contributed by atoms with E-state index >= 15 is 0 Å². The normalized spacial score (nSPS) is 8.89. The van der Waals surface area contributed by atoms with Crippen molar-refractivity contribution < 1.29 is 19.4 Å². The average Bonchev–Trinajstić information content (AvgIpc) is 1.89. The number of hydrogen-bond donors (Lipinski definition) is 0. The molecule has 0 amide bonds. The summed E-state index contributed by atoms with van der Waals surface area (Å²) in [5.74, 6) is 0. The molecule has 0 aromatic heterocycles. The van der Waals surface area contributed by atoms with Gasteiger partial charge in [0.1, 0.15) is 0 Å². The first-order chi connectivity index (χ1) is 4.34. The molecule has 1 N–H and O–H groups in total. The molecule has 0 atom stereocenters. The molecule has 0 aliphatic heterocycles. The van der Waals surface area contributed by atoms with Crippen LogP contribution in [0.25, 0.3) is 5.73 Å². The molecule has 0 heterocycles. The van der Waals surface area contributed by atoms with Crippen LogP contribution in [0.3, 0.4) is 0 Å². The number of nitrogens with one attached hydrogen (secondary N) is 1. The molecule has 0 spiro atoms. The number of hydrogen-bond acceptors (Lipinski definition) is 0. The zero-order chi connectivity index (χ0) is 6.69. The van der Waals surface area contributed by atoms with Crippen LogP contribution in [-0.2, 0) is 19.4 Å². The predicted molar refractivity (Wildman–Crippen MR) is 35.6 cm³/mol. The van der Waals surface area contributed by atoms with Crippen molar-refractivity contribution in [2.24, 2.45) is 0 Å². The molecular formula is C7H6NW-. The van der Waals surface area contributed by atoms with Gasteiger partial charge in [-0.3, -0.25) is 0 Å². The molecule has 1 rings (SSSR count). The van der Waals surface area contributed by atoms with Crippen LogP contribution in [0.1, 0.15) is 5.56 Å². The molecule has 46 valence electrons. The zero-order valence-corrected chi connectivity index (χ0v) is 7.73. The van der Waals surface area contributed by atoms with Gasteiger partial charge in [0.2, 0.25) is 0 Å². The van der Waals surface area contributed by atoms with Crippen molar-refractivity contribution in [1.82, 2.24) is 0 Å². The summed E-state index contributed by atoms with van der Waals surface area (Å²) in [6.07, 6.45) is 0. The minimum atomic E-state index is 0.618. The molecule has 0 saturated carbocycles. The molecule has 0 bridgehead atoms. The summed E-state index contributed by atoms with van der Waals surface area (Å²) in [5.41, 5.74) is 9.01. The summed E-state index contributed by atoms with van der Waals surface area (Å²) in [6.45, 7) is 0. The van der Waals surface area contributed by atoms with Crippen LogP contribution in [0.5, 0.6) is 0 Å². The first-order valence-corrected chi connectivity index (χ1v) is 4.30. The third-order valence-electron chi connectivity index (χ3n) is 1.09. The van der Waals surface area contributed by atoms with Gasteiger partial charge in [0.05, 0.1) is 0 Å². The monoisotopic (exact) mass is 288 g/mol. The van der Waals surface area contributed by atoms with Crippen molar-refractivity contribution >= 4 is 10.1 Å². The van der Waals surface area contributed by atoms with Crippen LogP contribution in [0.15, 0.2) is 24.3 Å². The van der Waals surface area contributed by atoms with Gasteiger partial charge in [-0.15, -0.1) is 0 Å². The average molecular weight is 288 g/mol. The van der Waals surface area contributed by atoms with Gasteiger partial charge >= 0.3 is 65.0 Å². The van der Waals surface area contributed by atoms with Gasteiger partial charge in [-0.25, -0.2) is 0 Å². The second kappa shape index (κ2) is 2.93. The summed E-state index contributed by atoms with van der Waals surface area (Å²) in [6, 6.07) is 7.58. The Hall–Kier alpha value is -0.422. The molecule has 9 heavy (non-hydrogen) atoms. The first-order valence-electron chi connectivity index (χ1n) is 2.60. The summed E-state index contributed by atoms with van der Waals surface area (Å²) < 4.78 is 2.02. The Morgan fingerprint density at radius 2 is 2.00 bits per heavy atom. The Labute approximate surface area is 65.3 Å². The van der Waals surface area contributed by atoms with Crippen LogP contribution >= 0.6 is 0 Å². The van der Waals surface area contributed by atoms with Gasteiger partial charge in [-0.1, -0.05) is 0 Å². The van der Waals surface area contributed by atoms with E-state index in [9.17, 15) is 0 Å². The second-order valence-electron chi connectivity index (χ2n) is 1.71. The molecule has 0 aliphatic carbocycles. The van der Waals surface area contributed by atoms with Gasteiger partial charge in [-0.05, 0) is 0 Å². The van der Waals surface area contributed by atoms with E-state index < -0.39 is 0 Å². The first kappa shape index (κ1) is 6.69. The standard InChI is InChI=1S/C7H6N.W/c1-6-4-2-3-5-7(6)8;/h1-5,8H;/q-1;. The SMILES string of the molecule is [NH-]c1ccccc1[CH]=[W]. The third-order valence-corrected chi connectivity index (χ3v) is 2.00. The maximum atomic E-state index is 7.35. The Morgan fingerprint density at radius 3 is 2.44 bits per heavy atom. The summed E-state index contributed by atoms with van der Waals surface area (Å²) in [7, 11) is 0. The van der Waals surface area contributed by atoms with E-state index in [0.29, 0.717) is 5.69 Å². The molecule has 0 aliphatic rings. The molecule has 1 nitrogen and oxygen atoms in total. The van der Waals surface area contributed by atoms with E-state index in [1.807, 2.05) is 22.6 Å². The van der Waals surface area contributed by atoms with E-state index in [1.54, 1.807) is 6.07 Å². The van der Waals surface area contributed by atoms with Crippen LogP contribution in [0, 0.1) is 0 Å². The Bertz CT molecular complexity index is 220. The van der Waals surface area contributed by atoms with Crippen molar-refractivity contribution in [1.29, 1.82) is 0 Å². The molecular weight excluding hydrogens is 282 g/mol. The van der Waals surface area contributed by atoms with E-state index in [-0.39, 0.29) is 0 Å². The summed E-state index contributed by atoms with van der Waals surface area (Å²) >= 11 is 1.39. The van der Waals surface area contributed by atoms with Crippen molar-refractivity contribution in [2.75, 3.05) is 0 Å². The second-order valence-corrected chi connectivity index (χ2v) is 2.55. The summed E-state index contributed by atoms with van der Waals surface area (Å²) in [5, 5.41) is 0. The fourth-order valence-corrected chi connectivity index (χ4v) is 1.34. The van der Waals surface area contributed by atoms with Gasteiger partial charge in [0.15, 0.2) is 0 Å². The fraction of sp³-hybridized carbons (Fsp3) is 0. The fourth-order valence-electron chi connectivity index (χ4n) is 0.600. The number of rotatable bonds is 1. The Balaban J connectivity index is 3.15. The number of benzene rings is 1. The molecule has 2 heteroatoms. The molecule has 1 aromatic rings. The summed E-state index contributed by atoms with van der Waals surface area (Å²) in [4.78, 5) is 0. The quantitative estimate of drug-likeness (QED) is 0.755. The van der Waals surface area contributed by atoms with E-state index in [0.717, 1.165) is 5.56 Å². The van der Waals surface area contributed by atoms with Crippen molar-refractivity contribution in [3.05, 3.63) is 35.6 Å². The van der Waals surface area contributed by atoms with Gasteiger partial charge < -0.3 is 0 Å². The van der Waals surface area contributed by atoms with Crippen LogP contribution in [0.4, 0.5) is 5.69 Å². The molecule has 0 radical (unpaired) electrons. The molecule has 0 unspecified atom stereocenters. The van der Waals surface area contributed by atoms with E-state index in [4.69, 9.17) is 5.73 Å². The Kier molecular flexibility index (Phi) is 2.18. The van der Waals surface area contributed by atoms with Gasteiger partial charge in [-0.2, -0.15) is 0 Å². The molecule has 0 saturated heterocycles. The van der Waals surface area contributed by atoms with Crippen LogP contribution < -0.4 is 0 Å².